The normalized spacial score (nSPS) is 13.3. The van der Waals surface area contributed by atoms with E-state index in [1.54, 1.807) is 0 Å². The first kappa shape index (κ1) is 14.6. The molecule has 0 saturated carbocycles. The van der Waals surface area contributed by atoms with E-state index < -0.39 is 0 Å². The predicted octanol–water partition coefficient (Wildman–Crippen LogP) is 2.67. The topological polar surface area (TPSA) is 55.9 Å². The quantitative estimate of drug-likeness (QED) is 0.823. The number of aromatic nitrogens is 2. The number of benzene rings is 1. The molecule has 1 atom stereocenters. The van der Waals surface area contributed by atoms with Crippen LogP contribution in [0, 0.1) is 5.41 Å². The first-order valence-electron chi connectivity index (χ1n) is 6.99. The van der Waals surface area contributed by atoms with Crippen LogP contribution in [0.1, 0.15) is 26.3 Å². The Morgan fingerprint density at radius 3 is 2.65 bits per heavy atom. The standard InChI is InChI=1S/C16H24N4/c1-16(2,3)15(11-20-9-8-18-12-20)19-10-13-6-4-5-7-14(13)17/h4-9,12,15,19H,10-11,17H2,1-3H3. The van der Waals surface area contributed by atoms with E-state index >= 15 is 0 Å². The summed E-state index contributed by atoms with van der Waals surface area (Å²) in [4.78, 5) is 4.10. The minimum Gasteiger partial charge on any atom is -0.398 e. The third-order valence-electron chi connectivity index (χ3n) is 3.59. The van der Waals surface area contributed by atoms with Crippen molar-refractivity contribution in [3.63, 3.8) is 0 Å². The second-order valence-corrected chi connectivity index (χ2v) is 6.26. The molecule has 4 heteroatoms. The van der Waals surface area contributed by atoms with Crippen LogP contribution in [0.25, 0.3) is 0 Å². The fraction of sp³-hybridized carbons (Fsp3) is 0.438. The minimum atomic E-state index is 0.161. The smallest absolute Gasteiger partial charge is 0.0946 e. The van der Waals surface area contributed by atoms with Gasteiger partial charge in [-0.15, -0.1) is 0 Å². The van der Waals surface area contributed by atoms with Crippen LogP contribution >= 0.6 is 0 Å². The van der Waals surface area contributed by atoms with Crippen LogP contribution in [0.15, 0.2) is 43.0 Å². The van der Waals surface area contributed by atoms with Crippen molar-refractivity contribution in [1.82, 2.24) is 14.9 Å². The summed E-state index contributed by atoms with van der Waals surface area (Å²) in [7, 11) is 0. The average molecular weight is 272 g/mol. The molecule has 2 aromatic rings. The highest BCUT2D eigenvalue weighted by Gasteiger charge is 2.24. The summed E-state index contributed by atoms with van der Waals surface area (Å²) in [5.41, 5.74) is 8.15. The minimum absolute atomic E-state index is 0.161. The third kappa shape index (κ3) is 3.84. The van der Waals surface area contributed by atoms with Crippen LogP contribution in [0.4, 0.5) is 5.69 Å². The highest BCUT2D eigenvalue weighted by atomic mass is 15.1. The van der Waals surface area contributed by atoms with Gasteiger partial charge in [-0.1, -0.05) is 39.0 Å². The number of hydrogen-bond acceptors (Lipinski definition) is 3. The van der Waals surface area contributed by atoms with Crippen LogP contribution in [0.5, 0.6) is 0 Å². The van der Waals surface area contributed by atoms with Gasteiger partial charge in [0.15, 0.2) is 0 Å². The summed E-state index contributed by atoms with van der Waals surface area (Å²) in [6, 6.07) is 8.34. The maximum Gasteiger partial charge on any atom is 0.0946 e. The fourth-order valence-electron chi connectivity index (χ4n) is 2.18. The number of hydrogen-bond donors (Lipinski definition) is 2. The van der Waals surface area contributed by atoms with Crippen molar-refractivity contribution in [1.29, 1.82) is 0 Å². The monoisotopic (exact) mass is 272 g/mol. The molecule has 2 rings (SSSR count). The summed E-state index contributed by atoms with van der Waals surface area (Å²) in [6.07, 6.45) is 5.67. The van der Waals surface area contributed by atoms with Gasteiger partial charge in [-0.3, -0.25) is 0 Å². The molecule has 0 aliphatic carbocycles. The van der Waals surface area contributed by atoms with Crippen LogP contribution in [0.2, 0.25) is 0 Å². The number of nitrogens with zero attached hydrogens (tertiary/aromatic N) is 2. The van der Waals surface area contributed by atoms with E-state index in [1.165, 1.54) is 0 Å². The average Bonchev–Trinajstić information content (AvgIpc) is 2.87. The molecule has 20 heavy (non-hydrogen) atoms. The molecule has 0 fully saturated rings. The van der Waals surface area contributed by atoms with E-state index in [1.807, 2.05) is 36.9 Å². The number of nitrogen functional groups attached to an aromatic ring is 1. The molecule has 1 aromatic heterocycles. The van der Waals surface area contributed by atoms with Crippen LogP contribution in [0.3, 0.4) is 0 Å². The largest absolute Gasteiger partial charge is 0.398 e. The molecule has 1 aromatic carbocycles. The Morgan fingerprint density at radius 1 is 1.30 bits per heavy atom. The van der Waals surface area contributed by atoms with Crippen LogP contribution in [-0.4, -0.2) is 15.6 Å². The molecule has 0 radical (unpaired) electrons. The maximum atomic E-state index is 6.00. The molecule has 1 heterocycles. The van der Waals surface area contributed by atoms with E-state index in [0.717, 1.165) is 24.3 Å². The molecule has 0 saturated heterocycles. The summed E-state index contributed by atoms with van der Waals surface area (Å²) >= 11 is 0. The Labute approximate surface area is 121 Å². The van der Waals surface area contributed by atoms with E-state index in [4.69, 9.17) is 5.73 Å². The van der Waals surface area contributed by atoms with Gasteiger partial charge in [0.2, 0.25) is 0 Å². The van der Waals surface area contributed by atoms with Crippen molar-refractivity contribution in [2.45, 2.75) is 39.9 Å². The number of nitrogens with two attached hydrogens (primary N) is 1. The van der Waals surface area contributed by atoms with Gasteiger partial charge in [-0.25, -0.2) is 4.98 Å². The van der Waals surface area contributed by atoms with Gasteiger partial charge >= 0.3 is 0 Å². The zero-order valence-electron chi connectivity index (χ0n) is 12.5. The van der Waals surface area contributed by atoms with Crippen LogP contribution < -0.4 is 11.1 Å². The highest BCUT2D eigenvalue weighted by molar-refractivity contribution is 5.46. The summed E-state index contributed by atoms with van der Waals surface area (Å²) < 4.78 is 2.11. The van der Waals surface area contributed by atoms with Crippen molar-refractivity contribution >= 4 is 5.69 Å². The number of rotatable bonds is 5. The fourth-order valence-corrected chi connectivity index (χ4v) is 2.18. The summed E-state index contributed by atoms with van der Waals surface area (Å²) in [5, 5.41) is 3.63. The van der Waals surface area contributed by atoms with Gasteiger partial charge in [-0.05, 0) is 17.0 Å². The van der Waals surface area contributed by atoms with E-state index in [0.29, 0.717) is 6.04 Å². The lowest BCUT2D eigenvalue weighted by molar-refractivity contribution is 0.240. The van der Waals surface area contributed by atoms with E-state index in [-0.39, 0.29) is 5.41 Å². The summed E-state index contributed by atoms with van der Waals surface area (Å²) in [6.45, 7) is 8.42. The SMILES string of the molecule is CC(C)(C)C(Cn1ccnc1)NCc1ccccc1N. The van der Waals surface area contributed by atoms with Crippen molar-refractivity contribution in [3.05, 3.63) is 48.5 Å². The van der Waals surface area contributed by atoms with Crippen molar-refractivity contribution < 1.29 is 0 Å². The van der Waals surface area contributed by atoms with Gasteiger partial charge in [0.25, 0.3) is 0 Å². The van der Waals surface area contributed by atoms with Gasteiger partial charge < -0.3 is 15.6 Å². The van der Waals surface area contributed by atoms with Gasteiger partial charge in [0, 0.05) is 37.2 Å². The molecule has 0 aliphatic heterocycles. The molecule has 108 valence electrons. The highest BCUT2D eigenvalue weighted by Crippen LogP contribution is 2.22. The molecular weight excluding hydrogens is 248 g/mol. The molecule has 0 aliphatic rings. The number of imidazole rings is 1. The zero-order chi connectivity index (χ0) is 14.6. The molecular formula is C16H24N4. The lowest BCUT2D eigenvalue weighted by Gasteiger charge is -2.32. The van der Waals surface area contributed by atoms with Crippen molar-refractivity contribution in [2.75, 3.05) is 5.73 Å². The van der Waals surface area contributed by atoms with Crippen LogP contribution in [-0.2, 0) is 13.1 Å². The Bertz CT molecular complexity index is 526. The predicted molar refractivity (Wildman–Crippen MR) is 83.2 cm³/mol. The Kier molecular flexibility index (Phi) is 4.45. The number of para-hydroxylation sites is 1. The lowest BCUT2D eigenvalue weighted by Crippen LogP contribution is -2.43. The van der Waals surface area contributed by atoms with Crippen molar-refractivity contribution in [2.24, 2.45) is 5.41 Å². The molecule has 0 bridgehead atoms. The number of nitrogens with one attached hydrogen (secondary N) is 1. The van der Waals surface area contributed by atoms with Gasteiger partial charge in [0.1, 0.15) is 0 Å². The zero-order valence-corrected chi connectivity index (χ0v) is 12.5. The maximum absolute atomic E-state index is 6.00. The Hall–Kier alpha value is -1.81. The van der Waals surface area contributed by atoms with E-state index in [2.05, 4.69) is 41.7 Å². The molecule has 0 spiro atoms. The second kappa shape index (κ2) is 6.09. The first-order chi connectivity index (χ1) is 9.47. The molecule has 1 unspecified atom stereocenters. The second-order valence-electron chi connectivity index (χ2n) is 6.26. The first-order valence-corrected chi connectivity index (χ1v) is 6.99. The van der Waals surface area contributed by atoms with Gasteiger partial charge in [-0.2, -0.15) is 0 Å². The number of anilines is 1. The summed E-state index contributed by atoms with van der Waals surface area (Å²) in [5.74, 6) is 0. The third-order valence-corrected chi connectivity index (χ3v) is 3.59. The molecule has 3 N–H and O–H groups in total. The Morgan fingerprint density at radius 2 is 2.05 bits per heavy atom. The van der Waals surface area contributed by atoms with Gasteiger partial charge in [0.05, 0.1) is 6.33 Å². The molecule has 0 amide bonds. The lowest BCUT2D eigenvalue weighted by atomic mass is 9.86. The Balaban J connectivity index is 2.03. The van der Waals surface area contributed by atoms with E-state index in [9.17, 15) is 0 Å². The molecule has 4 nitrogen and oxygen atoms in total. The van der Waals surface area contributed by atoms with Crippen molar-refractivity contribution in [3.8, 4) is 0 Å².